The van der Waals surface area contributed by atoms with E-state index in [1.54, 1.807) is 21.8 Å². The van der Waals surface area contributed by atoms with Crippen LogP contribution in [0.5, 0.6) is 0 Å². The summed E-state index contributed by atoms with van der Waals surface area (Å²) in [5, 5.41) is 5.05. The van der Waals surface area contributed by atoms with Crippen LogP contribution in [0.2, 0.25) is 0 Å². The first-order chi connectivity index (χ1) is 15.2. The smallest absolute Gasteiger partial charge is 0.256 e. The molecule has 1 fully saturated rings. The van der Waals surface area contributed by atoms with Gasteiger partial charge in [-0.2, -0.15) is 5.10 Å². The first-order valence-corrected chi connectivity index (χ1v) is 10.4. The third-order valence-corrected chi connectivity index (χ3v) is 5.47. The predicted octanol–water partition coefficient (Wildman–Crippen LogP) is 2.75. The number of fused-ring (bicyclic) bond motifs is 1. The van der Waals surface area contributed by atoms with Crippen molar-refractivity contribution < 1.29 is 14.0 Å². The summed E-state index contributed by atoms with van der Waals surface area (Å²) in [5.74, 6) is -1.62. The Morgan fingerprint density at radius 3 is 2.72 bits per heavy atom. The van der Waals surface area contributed by atoms with Gasteiger partial charge in [-0.25, -0.2) is 9.07 Å². The van der Waals surface area contributed by atoms with Crippen molar-refractivity contribution in [2.45, 2.75) is 45.3 Å². The van der Waals surface area contributed by atoms with Crippen LogP contribution in [-0.4, -0.2) is 37.5 Å². The molecule has 3 N–H and O–H groups in total. The fourth-order valence-electron chi connectivity index (χ4n) is 3.58. The maximum Gasteiger partial charge on any atom is 0.256 e. The summed E-state index contributed by atoms with van der Waals surface area (Å²) >= 11 is 0. The molecular formula is C23H24FN5O3. The number of H-pyrrole nitrogens is 1. The predicted molar refractivity (Wildman–Crippen MR) is 118 cm³/mol. The van der Waals surface area contributed by atoms with Crippen molar-refractivity contribution in [3.63, 3.8) is 0 Å². The second-order valence-corrected chi connectivity index (χ2v) is 8.24. The van der Waals surface area contributed by atoms with Crippen LogP contribution in [0.15, 0.2) is 41.3 Å². The molecule has 2 amide bonds. The van der Waals surface area contributed by atoms with Crippen molar-refractivity contribution in [2.24, 2.45) is 5.73 Å². The van der Waals surface area contributed by atoms with Crippen LogP contribution in [-0.2, 0) is 11.3 Å². The Hall–Kier alpha value is -3.75. The van der Waals surface area contributed by atoms with E-state index in [1.807, 2.05) is 13.8 Å². The molecule has 32 heavy (non-hydrogen) atoms. The summed E-state index contributed by atoms with van der Waals surface area (Å²) in [4.78, 5) is 41.0. The Balaban J connectivity index is 1.55. The molecule has 0 bridgehead atoms. The number of carbonyl (C=O) groups is 2. The minimum atomic E-state index is -0.713. The summed E-state index contributed by atoms with van der Waals surface area (Å²) in [6.07, 6.45) is 6.13. The summed E-state index contributed by atoms with van der Waals surface area (Å²) in [5.41, 5.74) is 6.19. The van der Waals surface area contributed by atoms with E-state index in [-0.39, 0.29) is 35.7 Å². The molecule has 1 aromatic carbocycles. The van der Waals surface area contributed by atoms with Crippen LogP contribution in [0.4, 0.5) is 4.39 Å². The van der Waals surface area contributed by atoms with E-state index in [2.05, 4.69) is 10.1 Å². The van der Waals surface area contributed by atoms with Gasteiger partial charge in [-0.3, -0.25) is 14.4 Å². The number of aromatic amines is 1. The van der Waals surface area contributed by atoms with Crippen LogP contribution in [0, 0.1) is 5.82 Å². The van der Waals surface area contributed by atoms with Gasteiger partial charge in [-0.1, -0.05) is 6.07 Å². The summed E-state index contributed by atoms with van der Waals surface area (Å²) in [7, 11) is 0. The van der Waals surface area contributed by atoms with E-state index in [4.69, 9.17) is 5.73 Å². The Labute approximate surface area is 183 Å². The first-order valence-electron chi connectivity index (χ1n) is 10.4. The zero-order valence-corrected chi connectivity index (χ0v) is 17.8. The Morgan fingerprint density at radius 2 is 2.09 bits per heavy atom. The third-order valence-electron chi connectivity index (χ3n) is 5.47. The van der Waals surface area contributed by atoms with Gasteiger partial charge in [0.15, 0.2) is 0 Å². The lowest BCUT2D eigenvalue weighted by Crippen LogP contribution is -2.31. The van der Waals surface area contributed by atoms with E-state index in [1.165, 1.54) is 24.3 Å². The van der Waals surface area contributed by atoms with Gasteiger partial charge in [-0.05, 0) is 51.0 Å². The van der Waals surface area contributed by atoms with Crippen LogP contribution < -0.4 is 11.3 Å². The number of nitrogens with zero attached hydrogens (tertiary/aromatic N) is 3. The molecule has 166 valence electrons. The molecule has 1 aliphatic carbocycles. The number of amides is 2. The fraction of sp³-hybridized carbons (Fsp3) is 0.304. The van der Waals surface area contributed by atoms with Gasteiger partial charge in [0.05, 0.1) is 6.20 Å². The zero-order chi connectivity index (χ0) is 23.0. The number of primary amides is 1. The molecule has 9 heteroatoms. The van der Waals surface area contributed by atoms with Crippen molar-refractivity contribution in [3.05, 3.63) is 69.4 Å². The maximum atomic E-state index is 14.4. The molecule has 1 aliphatic rings. The third kappa shape index (κ3) is 4.32. The number of hydrogen-bond acceptors (Lipinski definition) is 4. The molecule has 0 saturated heterocycles. The van der Waals surface area contributed by atoms with Gasteiger partial charge in [0.25, 0.3) is 5.56 Å². The summed E-state index contributed by atoms with van der Waals surface area (Å²) in [6, 6.07) is 5.79. The molecule has 2 aromatic heterocycles. The summed E-state index contributed by atoms with van der Waals surface area (Å²) in [6.45, 7) is 4.00. The van der Waals surface area contributed by atoms with Crippen LogP contribution in [0.3, 0.4) is 0 Å². The molecule has 0 aliphatic heterocycles. The normalized spacial score (nSPS) is 13.9. The van der Waals surface area contributed by atoms with E-state index < -0.39 is 11.7 Å². The largest absolute Gasteiger partial charge is 0.366 e. The molecule has 0 unspecified atom stereocenters. The maximum absolute atomic E-state index is 14.4. The summed E-state index contributed by atoms with van der Waals surface area (Å²) < 4.78 is 16.1. The molecule has 8 nitrogen and oxygen atoms in total. The number of hydrogen-bond donors (Lipinski definition) is 2. The van der Waals surface area contributed by atoms with Gasteiger partial charge < -0.3 is 15.6 Å². The topological polar surface area (TPSA) is 114 Å². The molecular weight excluding hydrogens is 413 g/mol. The highest BCUT2D eigenvalue weighted by Crippen LogP contribution is 2.29. The quantitative estimate of drug-likeness (QED) is 0.553. The van der Waals surface area contributed by atoms with Crippen LogP contribution in [0.25, 0.3) is 17.1 Å². The lowest BCUT2D eigenvalue weighted by molar-refractivity contribution is -0.127. The number of aromatic nitrogens is 3. The minimum Gasteiger partial charge on any atom is -0.366 e. The molecule has 3 aromatic rings. The Morgan fingerprint density at radius 1 is 1.34 bits per heavy atom. The molecule has 2 heterocycles. The second kappa shape index (κ2) is 8.41. The number of carbonyl (C=O) groups excluding carboxylic acids is 2. The van der Waals surface area contributed by atoms with Crippen LogP contribution in [0.1, 0.15) is 54.2 Å². The molecule has 1 saturated carbocycles. The van der Waals surface area contributed by atoms with Gasteiger partial charge in [0.2, 0.25) is 11.8 Å². The lowest BCUT2D eigenvalue weighted by Gasteiger charge is -2.21. The average Bonchev–Trinajstić information content (AvgIpc) is 3.50. The number of nitrogens with two attached hydrogens (primary N) is 1. The van der Waals surface area contributed by atoms with Gasteiger partial charge in [0.1, 0.15) is 11.5 Å². The molecule has 4 rings (SSSR count). The van der Waals surface area contributed by atoms with Crippen molar-refractivity contribution in [1.29, 1.82) is 0 Å². The van der Waals surface area contributed by atoms with Crippen molar-refractivity contribution >= 4 is 28.9 Å². The highest BCUT2D eigenvalue weighted by atomic mass is 19.1. The van der Waals surface area contributed by atoms with E-state index in [0.29, 0.717) is 16.8 Å². The lowest BCUT2D eigenvalue weighted by atomic mass is 10.1. The van der Waals surface area contributed by atoms with E-state index in [9.17, 15) is 18.8 Å². The second-order valence-electron chi connectivity index (χ2n) is 8.24. The van der Waals surface area contributed by atoms with E-state index >= 15 is 0 Å². The van der Waals surface area contributed by atoms with E-state index in [0.717, 1.165) is 24.3 Å². The number of benzene rings is 1. The van der Waals surface area contributed by atoms with Crippen molar-refractivity contribution in [1.82, 2.24) is 19.7 Å². The molecule has 0 radical (unpaired) electrons. The fourth-order valence-corrected chi connectivity index (χ4v) is 3.58. The average molecular weight is 437 g/mol. The highest BCUT2D eigenvalue weighted by molar-refractivity contribution is 5.93. The number of halogens is 1. The van der Waals surface area contributed by atoms with Crippen molar-refractivity contribution in [3.8, 4) is 0 Å². The zero-order valence-electron chi connectivity index (χ0n) is 17.8. The highest BCUT2D eigenvalue weighted by Gasteiger charge is 2.32. The Bertz CT molecular complexity index is 1290. The SMILES string of the molecule is CC(C)n1ncc2cc(/C=C/C(=O)N(Cc3ccc(C(N)=O)cc3F)C3CC3)c(=O)[nH]c21. The standard InChI is InChI=1S/C23H24FN5O3/c1-13(2)29-22-17(11-26-29)9-15(23(32)27-22)5-8-20(30)28(18-6-7-18)12-16-4-3-14(21(25)31)10-19(16)24/h3-5,8-11,13,18H,6-7,12H2,1-2H3,(H2,25,31)(H,27,32)/b8-5+. The van der Waals surface area contributed by atoms with Crippen LogP contribution >= 0.6 is 0 Å². The van der Waals surface area contributed by atoms with Gasteiger partial charge in [0, 0.05) is 46.8 Å². The number of nitrogens with one attached hydrogen (secondary N) is 1. The van der Waals surface area contributed by atoms with Gasteiger partial charge >= 0.3 is 0 Å². The monoisotopic (exact) mass is 437 g/mol. The number of pyridine rings is 1. The Kier molecular flexibility index (Phi) is 5.65. The first kappa shape index (κ1) is 21.5. The molecule has 0 spiro atoms. The van der Waals surface area contributed by atoms with Crippen molar-refractivity contribution in [2.75, 3.05) is 0 Å². The van der Waals surface area contributed by atoms with Gasteiger partial charge in [-0.15, -0.1) is 0 Å². The number of rotatable bonds is 7. The molecule has 0 atom stereocenters. The minimum absolute atomic E-state index is 0.0207.